The molecule has 1 heterocycles. The highest BCUT2D eigenvalue weighted by Gasteiger charge is 2.27. The summed E-state index contributed by atoms with van der Waals surface area (Å²) in [6, 6.07) is 18.9. The predicted molar refractivity (Wildman–Crippen MR) is 105 cm³/mol. The van der Waals surface area contributed by atoms with Crippen molar-refractivity contribution in [3.8, 4) is 0 Å². The molecule has 0 aliphatic heterocycles. The third-order valence-corrected chi connectivity index (χ3v) is 5.43. The molecular formula is C22H21ClN2O. The Labute approximate surface area is 158 Å². The zero-order chi connectivity index (χ0) is 17.9. The first kappa shape index (κ1) is 17.0. The van der Waals surface area contributed by atoms with Gasteiger partial charge in [0.1, 0.15) is 5.88 Å². The van der Waals surface area contributed by atoms with Crippen LogP contribution in [0.3, 0.4) is 0 Å². The largest absolute Gasteiger partial charge is 0.334 e. The lowest BCUT2D eigenvalue weighted by molar-refractivity contribution is -0.131. The quantitative estimate of drug-likeness (QED) is 0.644. The molecule has 132 valence electrons. The van der Waals surface area contributed by atoms with Gasteiger partial charge in [0.25, 0.3) is 0 Å². The molecule has 0 fully saturated rings. The summed E-state index contributed by atoms with van der Waals surface area (Å²) in [5.74, 6) is 0.0152. The van der Waals surface area contributed by atoms with Gasteiger partial charge in [-0.2, -0.15) is 0 Å². The number of aryl methyl sites for hydroxylation is 1. The van der Waals surface area contributed by atoms with Gasteiger partial charge in [-0.15, -0.1) is 11.6 Å². The van der Waals surface area contributed by atoms with Crippen LogP contribution in [0.15, 0.2) is 60.8 Å². The fraction of sp³-hybridized carbons (Fsp3) is 0.273. The minimum absolute atomic E-state index is 0.00262. The van der Waals surface area contributed by atoms with E-state index in [9.17, 15) is 4.79 Å². The number of benzene rings is 2. The summed E-state index contributed by atoms with van der Waals surface area (Å²) in [4.78, 5) is 19.0. The number of hydrogen-bond donors (Lipinski definition) is 0. The van der Waals surface area contributed by atoms with E-state index in [1.165, 1.54) is 16.3 Å². The third kappa shape index (κ3) is 3.45. The first-order valence-corrected chi connectivity index (χ1v) is 9.54. The number of halogens is 1. The molecular weight excluding hydrogens is 344 g/mol. The van der Waals surface area contributed by atoms with Crippen LogP contribution in [0, 0.1) is 0 Å². The van der Waals surface area contributed by atoms with E-state index in [4.69, 9.17) is 11.6 Å². The maximum absolute atomic E-state index is 12.6. The van der Waals surface area contributed by atoms with Crippen LogP contribution in [0.25, 0.3) is 10.8 Å². The van der Waals surface area contributed by atoms with Crippen molar-refractivity contribution >= 4 is 28.3 Å². The molecule has 4 rings (SSSR count). The van der Waals surface area contributed by atoms with Crippen molar-refractivity contribution in [2.24, 2.45) is 0 Å². The molecule has 0 spiro atoms. The van der Waals surface area contributed by atoms with Crippen molar-refractivity contribution in [2.75, 3.05) is 5.88 Å². The van der Waals surface area contributed by atoms with E-state index in [1.54, 1.807) is 0 Å². The van der Waals surface area contributed by atoms with Gasteiger partial charge in [-0.25, -0.2) is 0 Å². The number of hydrogen-bond acceptors (Lipinski definition) is 2. The molecule has 1 aliphatic carbocycles. The number of rotatable bonds is 4. The van der Waals surface area contributed by atoms with Crippen LogP contribution in [-0.4, -0.2) is 27.7 Å². The fourth-order valence-corrected chi connectivity index (χ4v) is 3.99. The second-order valence-corrected chi connectivity index (χ2v) is 7.11. The number of amides is 1. The van der Waals surface area contributed by atoms with Crippen LogP contribution >= 0.6 is 11.6 Å². The number of fused-ring (bicyclic) bond motifs is 2. The highest BCUT2D eigenvalue weighted by Crippen LogP contribution is 2.25. The van der Waals surface area contributed by atoms with Gasteiger partial charge in [-0.05, 0) is 53.3 Å². The Morgan fingerprint density at radius 1 is 1.12 bits per heavy atom. The maximum atomic E-state index is 12.6. The average molecular weight is 365 g/mol. The topological polar surface area (TPSA) is 33.2 Å². The molecule has 1 amide bonds. The standard InChI is InChI=1S/C22H21ClN2O/c23-14-22(26)25(20-9-10-21-19(13-20)6-3-11-24-21)15-16-7-8-17-4-1-2-5-18(17)12-16/h1-8,11-12,20H,9-10,13-15H2. The molecule has 0 N–H and O–H groups in total. The van der Waals surface area contributed by atoms with E-state index in [0.29, 0.717) is 6.54 Å². The molecule has 1 aliphatic rings. The lowest BCUT2D eigenvalue weighted by Gasteiger charge is -2.34. The van der Waals surface area contributed by atoms with Gasteiger partial charge in [-0.3, -0.25) is 9.78 Å². The second-order valence-electron chi connectivity index (χ2n) is 6.84. The van der Waals surface area contributed by atoms with E-state index >= 15 is 0 Å². The van der Waals surface area contributed by atoms with Crippen LogP contribution in [0.4, 0.5) is 0 Å². The predicted octanol–water partition coefficient (Wildman–Crippen LogP) is 4.36. The van der Waals surface area contributed by atoms with Gasteiger partial charge in [0, 0.05) is 24.5 Å². The molecule has 0 saturated heterocycles. The van der Waals surface area contributed by atoms with Gasteiger partial charge in [0.15, 0.2) is 0 Å². The summed E-state index contributed by atoms with van der Waals surface area (Å²) in [5, 5.41) is 2.41. The van der Waals surface area contributed by atoms with Crippen molar-refractivity contribution in [1.82, 2.24) is 9.88 Å². The first-order valence-electron chi connectivity index (χ1n) is 9.00. The monoisotopic (exact) mass is 364 g/mol. The number of aromatic nitrogens is 1. The smallest absolute Gasteiger partial charge is 0.238 e. The van der Waals surface area contributed by atoms with Crippen molar-refractivity contribution in [2.45, 2.75) is 31.8 Å². The minimum Gasteiger partial charge on any atom is -0.334 e. The summed E-state index contributed by atoms with van der Waals surface area (Å²) in [6.07, 6.45) is 4.53. The lowest BCUT2D eigenvalue weighted by Crippen LogP contribution is -2.43. The van der Waals surface area contributed by atoms with Crippen LogP contribution in [0.5, 0.6) is 0 Å². The number of carbonyl (C=O) groups is 1. The van der Waals surface area contributed by atoms with E-state index < -0.39 is 0 Å². The molecule has 1 aromatic heterocycles. The summed E-state index contributed by atoms with van der Waals surface area (Å²) < 4.78 is 0. The van der Waals surface area contributed by atoms with Crippen molar-refractivity contribution < 1.29 is 4.79 Å². The van der Waals surface area contributed by atoms with Crippen molar-refractivity contribution in [1.29, 1.82) is 0 Å². The molecule has 26 heavy (non-hydrogen) atoms. The molecule has 0 saturated carbocycles. The molecule has 0 radical (unpaired) electrons. The van der Waals surface area contributed by atoms with E-state index in [-0.39, 0.29) is 17.8 Å². The Morgan fingerprint density at radius 3 is 2.81 bits per heavy atom. The van der Waals surface area contributed by atoms with Crippen LogP contribution in [0.1, 0.15) is 23.2 Å². The zero-order valence-corrected chi connectivity index (χ0v) is 15.3. The Balaban J connectivity index is 1.60. The molecule has 1 atom stereocenters. The highest BCUT2D eigenvalue weighted by atomic mass is 35.5. The Bertz CT molecular complexity index is 940. The second kappa shape index (κ2) is 7.46. The number of nitrogens with zero attached hydrogens (tertiary/aromatic N) is 2. The minimum atomic E-state index is -0.00262. The SMILES string of the molecule is O=C(CCl)N(Cc1ccc2ccccc2c1)C1CCc2ncccc2C1. The van der Waals surface area contributed by atoms with Crippen LogP contribution in [-0.2, 0) is 24.2 Å². The lowest BCUT2D eigenvalue weighted by atomic mass is 9.90. The van der Waals surface area contributed by atoms with Gasteiger partial charge in [0.05, 0.1) is 0 Å². The number of alkyl halides is 1. The first-order chi connectivity index (χ1) is 12.7. The zero-order valence-electron chi connectivity index (χ0n) is 14.6. The van der Waals surface area contributed by atoms with E-state index in [1.807, 2.05) is 29.3 Å². The maximum Gasteiger partial charge on any atom is 0.238 e. The number of pyridine rings is 1. The van der Waals surface area contributed by atoms with Crippen LogP contribution < -0.4 is 0 Å². The molecule has 3 nitrogen and oxygen atoms in total. The van der Waals surface area contributed by atoms with Gasteiger partial charge in [0.2, 0.25) is 5.91 Å². The third-order valence-electron chi connectivity index (χ3n) is 5.20. The molecule has 4 heteroatoms. The molecule has 2 aromatic carbocycles. The van der Waals surface area contributed by atoms with Crippen LogP contribution in [0.2, 0.25) is 0 Å². The molecule has 1 unspecified atom stereocenters. The van der Waals surface area contributed by atoms with Gasteiger partial charge in [-0.1, -0.05) is 42.5 Å². The number of carbonyl (C=O) groups excluding carboxylic acids is 1. The van der Waals surface area contributed by atoms with Gasteiger partial charge >= 0.3 is 0 Å². The van der Waals surface area contributed by atoms with Gasteiger partial charge < -0.3 is 4.90 Å². The van der Waals surface area contributed by atoms with E-state index in [2.05, 4.69) is 41.4 Å². The fourth-order valence-electron chi connectivity index (χ4n) is 3.84. The summed E-state index contributed by atoms with van der Waals surface area (Å²) in [7, 11) is 0. The summed E-state index contributed by atoms with van der Waals surface area (Å²) in [6.45, 7) is 0.594. The highest BCUT2D eigenvalue weighted by molar-refractivity contribution is 6.27. The molecule has 3 aromatic rings. The van der Waals surface area contributed by atoms with Crippen molar-refractivity contribution in [3.63, 3.8) is 0 Å². The Kier molecular flexibility index (Phi) is 4.89. The van der Waals surface area contributed by atoms with Crippen molar-refractivity contribution in [3.05, 3.63) is 77.6 Å². The Hall–Kier alpha value is -2.39. The normalized spacial score (nSPS) is 16.3. The summed E-state index contributed by atoms with van der Waals surface area (Å²) >= 11 is 5.92. The molecule has 0 bridgehead atoms. The Morgan fingerprint density at radius 2 is 1.96 bits per heavy atom. The summed E-state index contributed by atoms with van der Waals surface area (Å²) in [5.41, 5.74) is 3.54. The van der Waals surface area contributed by atoms with E-state index in [0.717, 1.165) is 30.5 Å². The average Bonchev–Trinajstić information content (AvgIpc) is 2.71.